The SMILES string of the molecule is COC(=O)c1ccc(NC(=O)CSc2ccc3nnc(C(F)(F)F)n3n2)cc1. The predicted octanol–water partition coefficient (Wildman–Crippen LogP) is 2.66. The summed E-state index contributed by atoms with van der Waals surface area (Å²) in [7, 11) is 1.26. The quantitative estimate of drug-likeness (QED) is 0.509. The number of fused-ring (bicyclic) bond motifs is 1. The van der Waals surface area contributed by atoms with Gasteiger partial charge in [-0.2, -0.15) is 22.8 Å². The summed E-state index contributed by atoms with van der Waals surface area (Å²) in [5.74, 6) is -2.21. The summed E-state index contributed by atoms with van der Waals surface area (Å²) in [4.78, 5) is 23.4. The third-order valence-electron chi connectivity index (χ3n) is 3.43. The van der Waals surface area contributed by atoms with Gasteiger partial charge in [0, 0.05) is 5.69 Å². The van der Waals surface area contributed by atoms with Crippen LogP contribution in [0.25, 0.3) is 5.65 Å². The van der Waals surface area contributed by atoms with Crippen molar-refractivity contribution in [1.82, 2.24) is 19.8 Å². The molecule has 0 unspecified atom stereocenters. The number of methoxy groups -OCH3 is 1. The third-order valence-corrected chi connectivity index (χ3v) is 4.35. The fourth-order valence-corrected chi connectivity index (χ4v) is 2.82. The second kappa shape index (κ2) is 7.84. The maximum absolute atomic E-state index is 12.9. The van der Waals surface area contributed by atoms with Gasteiger partial charge in [-0.25, -0.2) is 4.79 Å². The Morgan fingerprint density at radius 3 is 2.50 bits per heavy atom. The van der Waals surface area contributed by atoms with Crippen LogP contribution in [0, 0.1) is 0 Å². The van der Waals surface area contributed by atoms with Crippen molar-refractivity contribution in [2.75, 3.05) is 18.2 Å². The van der Waals surface area contributed by atoms with Crippen LogP contribution in [0.1, 0.15) is 16.2 Å². The molecule has 3 rings (SSSR count). The molecule has 8 nitrogen and oxygen atoms in total. The second-order valence-corrected chi connectivity index (χ2v) is 6.36. The van der Waals surface area contributed by atoms with E-state index in [1.807, 2.05) is 0 Å². The van der Waals surface area contributed by atoms with E-state index in [4.69, 9.17) is 0 Å². The van der Waals surface area contributed by atoms with Gasteiger partial charge >= 0.3 is 12.1 Å². The number of benzene rings is 1. The monoisotopic (exact) mass is 411 g/mol. The first-order chi connectivity index (χ1) is 13.3. The molecule has 12 heteroatoms. The fraction of sp³-hybridized carbons (Fsp3) is 0.188. The normalized spacial score (nSPS) is 11.4. The number of hydrogen-bond acceptors (Lipinski definition) is 7. The van der Waals surface area contributed by atoms with Crippen LogP contribution in [-0.2, 0) is 15.7 Å². The minimum Gasteiger partial charge on any atom is -0.465 e. The topological polar surface area (TPSA) is 98.5 Å². The molecule has 0 aliphatic carbocycles. The maximum Gasteiger partial charge on any atom is 0.453 e. The molecule has 0 radical (unpaired) electrons. The molecule has 0 spiro atoms. The Morgan fingerprint density at radius 1 is 1.14 bits per heavy atom. The van der Waals surface area contributed by atoms with E-state index in [9.17, 15) is 22.8 Å². The molecule has 2 heterocycles. The molecule has 1 N–H and O–H groups in total. The minimum atomic E-state index is -4.69. The maximum atomic E-state index is 12.9. The number of hydrogen-bond donors (Lipinski definition) is 1. The number of rotatable bonds is 5. The van der Waals surface area contributed by atoms with Gasteiger partial charge in [0.25, 0.3) is 5.82 Å². The van der Waals surface area contributed by atoms with Crippen molar-refractivity contribution in [2.24, 2.45) is 0 Å². The highest BCUT2D eigenvalue weighted by Crippen LogP contribution is 2.28. The Morgan fingerprint density at radius 2 is 1.86 bits per heavy atom. The molecule has 0 aliphatic heterocycles. The molecule has 1 aromatic carbocycles. The Balaban J connectivity index is 1.63. The summed E-state index contributed by atoms with van der Waals surface area (Å²) in [6, 6.07) is 8.84. The van der Waals surface area contributed by atoms with E-state index < -0.39 is 23.9 Å². The van der Waals surface area contributed by atoms with Crippen molar-refractivity contribution >= 4 is 35.0 Å². The predicted molar refractivity (Wildman–Crippen MR) is 92.9 cm³/mol. The molecule has 0 aliphatic rings. The number of carbonyl (C=O) groups is 2. The zero-order chi connectivity index (χ0) is 20.3. The summed E-state index contributed by atoms with van der Waals surface area (Å²) in [5, 5.41) is 13.1. The van der Waals surface area contributed by atoms with Gasteiger partial charge in [-0.1, -0.05) is 11.8 Å². The lowest BCUT2D eigenvalue weighted by atomic mass is 10.2. The number of nitrogens with one attached hydrogen (secondary N) is 1. The van der Waals surface area contributed by atoms with Gasteiger partial charge in [-0.05, 0) is 36.4 Å². The van der Waals surface area contributed by atoms with Gasteiger partial charge in [-0.3, -0.25) is 4.79 Å². The number of ether oxygens (including phenoxy) is 1. The van der Waals surface area contributed by atoms with Crippen molar-refractivity contribution in [3.8, 4) is 0 Å². The van der Waals surface area contributed by atoms with Gasteiger partial charge in [0.2, 0.25) is 5.91 Å². The summed E-state index contributed by atoms with van der Waals surface area (Å²) in [5.41, 5.74) is 0.744. The van der Waals surface area contributed by atoms with Crippen LogP contribution in [0.4, 0.5) is 18.9 Å². The number of alkyl halides is 3. The molecule has 0 saturated carbocycles. The molecule has 2 aromatic heterocycles. The third kappa shape index (κ3) is 4.39. The molecule has 3 aromatic rings. The molecule has 0 atom stereocenters. The van der Waals surface area contributed by atoms with Crippen LogP contribution in [0.3, 0.4) is 0 Å². The largest absolute Gasteiger partial charge is 0.465 e. The summed E-state index contributed by atoms with van der Waals surface area (Å²) < 4.78 is 43.8. The first kappa shape index (κ1) is 19.6. The highest BCUT2D eigenvalue weighted by molar-refractivity contribution is 7.99. The smallest absolute Gasteiger partial charge is 0.453 e. The van der Waals surface area contributed by atoms with Crippen LogP contribution in [-0.4, -0.2) is 44.6 Å². The Hall–Kier alpha value is -3.15. The lowest BCUT2D eigenvalue weighted by Gasteiger charge is -2.07. The van der Waals surface area contributed by atoms with E-state index in [0.29, 0.717) is 15.8 Å². The molecule has 28 heavy (non-hydrogen) atoms. The van der Waals surface area contributed by atoms with Crippen LogP contribution in [0.2, 0.25) is 0 Å². The number of carbonyl (C=O) groups excluding carboxylic acids is 2. The van der Waals surface area contributed by atoms with Crippen LogP contribution >= 0.6 is 11.8 Å². The van der Waals surface area contributed by atoms with Crippen LogP contribution in [0.5, 0.6) is 0 Å². The molecule has 146 valence electrons. The summed E-state index contributed by atoms with van der Waals surface area (Å²) >= 11 is 0.956. The lowest BCUT2D eigenvalue weighted by Crippen LogP contribution is -2.15. The number of amides is 1. The standard InChI is InChI=1S/C16H12F3N5O3S/c1-27-14(26)9-2-4-10(5-3-9)20-12(25)8-28-13-7-6-11-21-22-15(16(17,18)19)24(11)23-13/h2-7H,8H2,1H3,(H,20,25). The number of thioether (sulfide) groups is 1. The zero-order valence-electron chi connectivity index (χ0n) is 14.2. The first-order valence-electron chi connectivity index (χ1n) is 7.68. The van der Waals surface area contributed by atoms with Crippen LogP contribution in [0.15, 0.2) is 41.4 Å². The van der Waals surface area contributed by atoms with Crippen molar-refractivity contribution in [2.45, 2.75) is 11.2 Å². The molecular weight excluding hydrogens is 399 g/mol. The van der Waals surface area contributed by atoms with Crippen molar-refractivity contribution in [3.05, 3.63) is 47.8 Å². The molecular formula is C16H12F3N5O3S. The number of nitrogens with zero attached hydrogens (tertiary/aromatic N) is 4. The van der Waals surface area contributed by atoms with Crippen LogP contribution < -0.4 is 5.32 Å². The van der Waals surface area contributed by atoms with Gasteiger partial charge in [0.05, 0.1) is 18.4 Å². The highest BCUT2D eigenvalue weighted by Gasteiger charge is 2.37. The Bertz CT molecular complexity index is 1020. The van der Waals surface area contributed by atoms with Crippen molar-refractivity contribution in [1.29, 1.82) is 0 Å². The van der Waals surface area contributed by atoms with E-state index >= 15 is 0 Å². The average Bonchev–Trinajstić information content (AvgIpc) is 3.10. The molecule has 1 amide bonds. The lowest BCUT2D eigenvalue weighted by molar-refractivity contribution is -0.146. The summed E-state index contributed by atoms with van der Waals surface area (Å²) in [6.45, 7) is 0. The van der Waals surface area contributed by atoms with E-state index in [-0.39, 0.29) is 16.4 Å². The summed E-state index contributed by atoms with van der Waals surface area (Å²) in [6.07, 6.45) is -4.69. The van der Waals surface area contributed by atoms with Gasteiger partial charge in [-0.15, -0.1) is 10.2 Å². The minimum absolute atomic E-state index is 0.0492. The van der Waals surface area contributed by atoms with Gasteiger partial charge in [0.1, 0.15) is 5.03 Å². The number of aromatic nitrogens is 4. The average molecular weight is 411 g/mol. The van der Waals surface area contributed by atoms with Crippen molar-refractivity contribution < 1.29 is 27.5 Å². The van der Waals surface area contributed by atoms with E-state index in [0.717, 1.165) is 11.8 Å². The van der Waals surface area contributed by atoms with Gasteiger partial charge < -0.3 is 10.1 Å². The van der Waals surface area contributed by atoms with E-state index in [1.165, 1.54) is 43.5 Å². The van der Waals surface area contributed by atoms with Crippen molar-refractivity contribution in [3.63, 3.8) is 0 Å². The second-order valence-electron chi connectivity index (χ2n) is 5.37. The zero-order valence-corrected chi connectivity index (χ0v) is 15.0. The van der Waals surface area contributed by atoms with E-state index in [2.05, 4.69) is 25.3 Å². The number of halogens is 3. The fourth-order valence-electron chi connectivity index (χ4n) is 2.17. The number of anilines is 1. The first-order valence-corrected chi connectivity index (χ1v) is 8.67. The highest BCUT2D eigenvalue weighted by atomic mass is 32.2. The Labute approximate surface area is 160 Å². The molecule has 0 bridgehead atoms. The van der Waals surface area contributed by atoms with Gasteiger partial charge in [0.15, 0.2) is 5.65 Å². The molecule has 0 fully saturated rings. The number of esters is 1. The Kier molecular flexibility index (Phi) is 5.49. The molecule has 0 saturated heterocycles. The van der Waals surface area contributed by atoms with E-state index in [1.54, 1.807) is 0 Å².